The number of thiazole rings is 1. The molecule has 232 valence electrons. The Hall–Kier alpha value is -3.59. The highest BCUT2D eigenvalue weighted by Gasteiger charge is 2.52. The van der Waals surface area contributed by atoms with Gasteiger partial charge in [-0.2, -0.15) is 0 Å². The van der Waals surface area contributed by atoms with Gasteiger partial charge in [-0.15, -0.1) is 11.3 Å². The minimum Gasteiger partial charge on any atom is -0.480 e. The molecule has 42 heavy (non-hydrogen) atoms. The third kappa shape index (κ3) is 7.62. The number of hydrogen-bond acceptors (Lipinski definition) is 11. The van der Waals surface area contributed by atoms with Gasteiger partial charge in [-0.3, -0.25) is 24.1 Å². The van der Waals surface area contributed by atoms with E-state index in [1.807, 2.05) is 20.8 Å². The number of ether oxygens (including phenoxy) is 2. The molecule has 1 aromatic rings. The summed E-state index contributed by atoms with van der Waals surface area (Å²) < 4.78 is 10.3. The van der Waals surface area contributed by atoms with Crippen molar-refractivity contribution in [2.45, 2.75) is 102 Å². The third-order valence-electron chi connectivity index (χ3n) is 7.61. The highest BCUT2D eigenvalue weighted by molar-refractivity contribution is 7.10. The largest absolute Gasteiger partial charge is 0.480 e. The smallest absolute Gasteiger partial charge is 0.408 e. The van der Waals surface area contributed by atoms with E-state index >= 15 is 0 Å². The zero-order valence-corrected chi connectivity index (χ0v) is 25.2. The number of hydrogen-bond donors (Lipinski definition) is 4. The molecule has 0 saturated heterocycles. The molecule has 15 heteroatoms. The first-order valence-corrected chi connectivity index (χ1v) is 14.5. The molecular weight excluding hydrogens is 572 g/mol. The highest BCUT2D eigenvalue weighted by Crippen LogP contribution is 2.54. The summed E-state index contributed by atoms with van der Waals surface area (Å²) in [6.07, 6.45) is 3.97. The first kappa shape index (κ1) is 32.9. The molecule has 0 spiro atoms. The first-order chi connectivity index (χ1) is 19.5. The fourth-order valence-corrected chi connectivity index (χ4v) is 6.50. The second-order valence-corrected chi connectivity index (χ2v) is 12.7. The number of rotatable bonds is 10. The lowest BCUT2D eigenvalue weighted by molar-refractivity contribution is -0.161. The van der Waals surface area contributed by atoms with Crippen molar-refractivity contribution in [1.29, 1.82) is 0 Å². The van der Waals surface area contributed by atoms with Gasteiger partial charge in [0.15, 0.2) is 6.04 Å². The van der Waals surface area contributed by atoms with E-state index in [1.54, 1.807) is 5.38 Å². The maximum Gasteiger partial charge on any atom is 0.408 e. The number of imide groups is 1. The lowest BCUT2D eigenvalue weighted by Crippen LogP contribution is -2.58. The maximum absolute atomic E-state index is 13.2. The molecule has 3 aliphatic carbocycles. The van der Waals surface area contributed by atoms with Crippen LogP contribution < -0.4 is 10.6 Å². The second-order valence-electron chi connectivity index (χ2n) is 11.8. The fourth-order valence-electron chi connectivity index (χ4n) is 5.41. The minimum atomic E-state index is -1.90. The van der Waals surface area contributed by atoms with Crippen LogP contribution in [0, 0.1) is 0 Å². The predicted molar refractivity (Wildman–Crippen MR) is 148 cm³/mol. The molecule has 0 aliphatic heterocycles. The quantitative estimate of drug-likeness (QED) is 0.280. The number of esters is 1. The summed E-state index contributed by atoms with van der Waals surface area (Å²) in [4.78, 5) is 78.7. The van der Waals surface area contributed by atoms with Gasteiger partial charge in [-0.1, -0.05) is 0 Å². The second kappa shape index (κ2) is 12.7. The van der Waals surface area contributed by atoms with Gasteiger partial charge < -0.3 is 30.3 Å². The van der Waals surface area contributed by atoms with Gasteiger partial charge in [0, 0.05) is 30.2 Å². The molecular formula is C27H38N4O10S. The van der Waals surface area contributed by atoms with Crippen LogP contribution in [0.4, 0.5) is 4.79 Å². The Morgan fingerprint density at radius 3 is 2.14 bits per heavy atom. The van der Waals surface area contributed by atoms with Crippen molar-refractivity contribution >= 4 is 47.1 Å². The van der Waals surface area contributed by atoms with E-state index in [1.165, 1.54) is 11.3 Å². The van der Waals surface area contributed by atoms with E-state index < -0.39 is 66.7 Å². The zero-order chi connectivity index (χ0) is 31.5. The fraction of sp³-hybridized carbons (Fsp3) is 0.667. The van der Waals surface area contributed by atoms with Crippen LogP contribution in [0.15, 0.2) is 5.38 Å². The number of fused-ring (bicyclic) bond motifs is 3. The van der Waals surface area contributed by atoms with Gasteiger partial charge >= 0.3 is 18.0 Å². The average Bonchev–Trinajstić information content (AvgIpc) is 3.40. The normalized spacial score (nSPS) is 22.8. The number of carboxylic acid groups (broad SMARTS) is 1. The Balaban J connectivity index is 1.73. The molecule has 0 radical (unpaired) electrons. The van der Waals surface area contributed by atoms with E-state index in [9.17, 15) is 39.0 Å². The molecule has 3 fully saturated rings. The standard InChI is InChI=1S/C27H38N4O10S/c1-15(33)31(19(12-32)22(37)38)21(36)17(13-40-16(2)34)28-20(35)18-14-42-23(29-18)26-6-9-27(10-7-26,11-8-26)30-24(39)41-25(3,4)5/h14,17,19,32H,6-13H2,1-5H3,(H,28,35)(H,30,39)(H,37,38). The van der Waals surface area contributed by atoms with Gasteiger partial charge in [0.2, 0.25) is 5.91 Å². The number of alkyl carbamates (subject to hydrolysis) is 1. The molecule has 2 bridgehead atoms. The Labute approximate surface area is 247 Å². The van der Waals surface area contributed by atoms with Crippen molar-refractivity contribution in [1.82, 2.24) is 20.5 Å². The van der Waals surface area contributed by atoms with Crippen molar-refractivity contribution in [3.8, 4) is 0 Å². The van der Waals surface area contributed by atoms with E-state index in [2.05, 4.69) is 15.6 Å². The molecule has 3 aliphatic rings. The lowest BCUT2D eigenvalue weighted by atomic mass is 9.57. The van der Waals surface area contributed by atoms with Crippen molar-refractivity contribution in [2.75, 3.05) is 13.2 Å². The van der Waals surface area contributed by atoms with Crippen LogP contribution in [0.25, 0.3) is 0 Å². The van der Waals surface area contributed by atoms with E-state index in [0.717, 1.165) is 57.4 Å². The number of aliphatic hydroxyl groups is 1. The molecule has 0 aromatic carbocycles. The molecule has 14 nitrogen and oxygen atoms in total. The number of carboxylic acids is 1. The number of nitrogens with one attached hydrogen (secondary N) is 2. The Morgan fingerprint density at radius 2 is 1.67 bits per heavy atom. The van der Waals surface area contributed by atoms with Crippen LogP contribution >= 0.6 is 11.3 Å². The van der Waals surface area contributed by atoms with Crippen LogP contribution in [0.5, 0.6) is 0 Å². The molecule has 1 aromatic heterocycles. The molecule has 4 N–H and O–H groups in total. The summed E-state index contributed by atoms with van der Waals surface area (Å²) in [6.45, 7) is 5.72. The number of aliphatic carboxylic acids is 1. The van der Waals surface area contributed by atoms with Crippen molar-refractivity contribution < 1.29 is 48.5 Å². The van der Waals surface area contributed by atoms with E-state index in [4.69, 9.17) is 9.47 Å². The summed E-state index contributed by atoms with van der Waals surface area (Å²) in [5.41, 5.74) is -1.22. The van der Waals surface area contributed by atoms with E-state index in [0.29, 0.717) is 4.90 Å². The number of carbonyl (C=O) groups excluding carboxylic acids is 5. The van der Waals surface area contributed by atoms with Gasteiger partial charge in [-0.25, -0.2) is 14.6 Å². The van der Waals surface area contributed by atoms with Crippen LogP contribution in [0.3, 0.4) is 0 Å². The molecule has 3 saturated carbocycles. The number of aliphatic hydroxyl groups excluding tert-OH is 1. The van der Waals surface area contributed by atoms with Crippen LogP contribution in [-0.4, -0.2) is 92.3 Å². The summed E-state index contributed by atoms with van der Waals surface area (Å²) in [5.74, 6) is -5.33. The van der Waals surface area contributed by atoms with Crippen molar-refractivity contribution in [3.05, 3.63) is 16.1 Å². The topological polar surface area (TPSA) is 202 Å². The number of carbonyl (C=O) groups is 6. The average molecular weight is 611 g/mol. The molecule has 2 atom stereocenters. The highest BCUT2D eigenvalue weighted by atomic mass is 32.1. The lowest BCUT2D eigenvalue weighted by Gasteiger charge is -2.52. The van der Waals surface area contributed by atoms with Gasteiger partial charge in [-0.05, 0) is 59.3 Å². The molecule has 4 amide bonds. The molecule has 4 rings (SSSR count). The van der Waals surface area contributed by atoms with E-state index in [-0.39, 0.29) is 16.6 Å². The molecule has 2 unspecified atom stereocenters. The zero-order valence-electron chi connectivity index (χ0n) is 24.4. The Morgan fingerprint density at radius 1 is 1.07 bits per heavy atom. The molecule has 1 heterocycles. The van der Waals surface area contributed by atoms with Gasteiger partial charge in [0.05, 0.1) is 11.6 Å². The monoisotopic (exact) mass is 610 g/mol. The van der Waals surface area contributed by atoms with Gasteiger partial charge in [0.25, 0.3) is 11.8 Å². The first-order valence-electron chi connectivity index (χ1n) is 13.6. The SMILES string of the molecule is CC(=O)OCC(NC(=O)c1csc(C23CCC(NC(=O)OC(C)(C)C)(CC2)CC3)n1)C(=O)N(C(C)=O)C(CO)C(=O)O. The number of nitrogens with zero attached hydrogens (tertiary/aromatic N) is 2. The third-order valence-corrected chi connectivity index (χ3v) is 8.69. The number of amides is 4. The summed E-state index contributed by atoms with van der Waals surface area (Å²) >= 11 is 1.30. The Bertz CT molecular complexity index is 1220. The summed E-state index contributed by atoms with van der Waals surface area (Å²) in [6, 6.07) is -3.52. The maximum atomic E-state index is 13.2. The number of aromatic nitrogens is 1. The van der Waals surface area contributed by atoms with Crippen LogP contribution in [-0.2, 0) is 34.1 Å². The minimum absolute atomic E-state index is 0.00519. The van der Waals surface area contributed by atoms with Crippen LogP contribution in [0.1, 0.15) is 88.6 Å². The predicted octanol–water partition coefficient (Wildman–Crippen LogP) is 1.49. The van der Waals surface area contributed by atoms with Gasteiger partial charge in [0.1, 0.15) is 23.9 Å². The van der Waals surface area contributed by atoms with Crippen molar-refractivity contribution in [3.63, 3.8) is 0 Å². The van der Waals surface area contributed by atoms with Crippen molar-refractivity contribution in [2.24, 2.45) is 0 Å². The van der Waals surface area contributed by atoms with Crippen LogP contribution in [0.2, 0.25) is 0 Å². The summed E-state index contributed by atoms with van der Waals surface area (Å²) in [7, 11) is 0. The summed E-state index contributed by atoms with van der Waals surface area (Å²) in [5, 5.41) is 26.6. The Kier molecular flexibility index (Phi) is 9.98.